The van der Waals surface area contributed by atoms with Crippen LogP contribution in [0.4, 0.5) is 4.79 Å². The molecule has 3 N–H and O–H groups in total. The Hall–Kier alpha value is -2.67. The second kappa shape index (κ2) is 13.3. The van der Waals surface area contributed by atoms with Gasteiger partial charge < -0.3 is 20.9 Å². The number of aromatic nitrogens is 2. The van der Waals surface area contributed by atoms with Crippen LogP contribution in [0.15, 0.2) is 36.4 Å². The van der Waals surface area contributed by atoms with Gasteiger partial charge in [-0.3, -0.25) is 4.68 Å². The number of halogens is 2. The molecular weight excluding hydrogens is 587 g/mol. The summed E-state index contributed by atoms with van der Waals surface area (Å²) < 4.78 is 2.15. The maximum absolute atomic E-state index is 12.1. The summed E-state index contributed by atoms with van der Waals surface area (Å²) >= 11 is 15.1. The van der Waals surface area contributed by atoms with Gasteiger partial charge in [-0.2, -0.15) is 16.9 Å². The van der Waals surface area contributed by atoms with Crippen molar-refractivity contribution in [1.82, 2.24) is 24.9 Å². The van der Waals surface area contributed by atoms with E-state index in [4.69, 9.17) is 34.0 Å². The largest absolute Gasteiger partial charge is 0.351 e. The summed E-state index contributed by atoms with van der Waals surface area (Å²) in [5, 5.41) is 9.94. The Morgan fingerprint density at radius 3 is 2.64 bits per heavy atom. The summed E-state index contributed by atoms with van der Waals surface area (Å²) in [5.74, 6) is 8.98. The van der Waals surface area contributed by atoms with Crippen molar-refractivity contribution in [2.24, 2.45) is 5.73 Å². The van der Waals surface area contributed by atoms with Gasteiger partial charge in [0.2, 0.25) is 0 Å². The van der Waals surface area contributed by atoms with Gasteiger partial charge in [-0.15, -0.1) is 0 Å². The molecule has 0 atom stereocenters. The van der Waals surface area contributed by atoms with Gasteiger partial charge in [0.1, 0.15) is 0 Å². The predicted molar refractivity (Wildman–Crippen MR) is 172 cm³/mol. The lowest BCUT2D eigenvalue weighted by molar-refractivity contribution is 0.201. The van der Waals surface area contributed by atoms with Gasteiger partial charge in [-0.25, -0.2) is 4.79 Å². The van der Waals surface area contributed by atoms with Crippen molar-refractivity contribution in [1.29, 1.82) is 0 Å². The minimum Gasteiger partial charge on any atom is -0.351 e. The highest BCUT2D eigenvalue weighted by Crippen LogP contribution is 2.32. The molecule has 1 aromatic heterocycles. The van der Waals surface area contributed by atoms with Crippen LogP contribution in [0.3, 0.4) is 0 Å². The SMILES string of the molecule is NC(=O)N1CCc2c(c(-c3ccc(Cl)c(C#Cc4ccc(Cl)c(CNC5CC5)c4)c3)nn2CCCN2CCSCC2)C1. The standard InChI is InChI=1S/C32H36Cl2N6OS/c33-28-9-5-24(19-23(28)4-2-22-3-8-29(34)25(18-22)20-36-26-6-7-26)31-27-21-39(32(35)41)13-10-30(27)40(37-31)12-1-11-38-14-16-42-17-15-38/h3,5,8-9,18-19,26,36H,1,6-7,10-17,20-21H2,(H2,35,41). The number of carbonyl (C=O) groups excluding carboxylic acids is 1. The molecule has 1 saturated carbocycles. The number of nitrogens with one attached hydrogen (secondary N) is 1. The summed E-state index contributed by atoms with van der Waals surface area (Å²) in [6.45, 7) is 6.03. The number of nitrogens with two attached hydrogens (primary N) is 1. The quantitative estimate of drug-likeness (QED) is 0.330. The molecule has 0 bridgehead atoms. The third kappa shape index (κ3) is 7.10. The Morgan fingerprint density at radius 1 is 1.05 bits per heavy atom. The summed E-state index contributed by atoms with van der Waals surface area (Å²) in [4.78, 5) is 16.3. The number of thioether (sulfide) groups is 1. The number of primary amides is 1. The minimum absolute atomic E-state index is 0.403. The van der Waals surface area contributed by atoms with E-state index >= 15 is 0 Å². The van der Waals surface area contributed by atoms with E-state index in [1.54, 1.807) is 4.90 Å². The van der Waals surface area contributed by atoms with Crippen molar-refractivity contribution >= 4 is 41.0 Å². The molecule has 1 aliphatic carbocycles. The van der Waals surface area contributed by atoms with Crippen LogP contribution in [0.2, 0.25) is 10.0 Å². The molecule has 3 heterocycles. The Bertz CT molecular complexity index is 1520. The zero-order valence-electron chi connectivity index (χ0n) is 23.7. The van der Waals surface area contributed by atoms with Crippen molar-refractivity contribution in [2.75, 3.05) is 37.7 Å². The number of aryl methyl sites for hydroxylation is 1. The van der Waals surface area contributed by atoms with Crippen molar-refractivity contribution < 1.29 is 4.79 Å². The molecule has 0 unspecified atom stereocenters. The van der Waals surface area contributed by atoms with E-state index in [0.717, 1.165) is 84.1 Å². The number of benzene rings is 2. The first-order valence-corrected chi connectivity index (χ1v) is 16.6. The van der Waals surface area contributed by atoms with E-state index in [2.05, 4.69) is 26.7 Å². The lowest BCUT2D eigenvalue weighted by atomic mass is 9.99. The van der Waals surface area contributed by atoms with Crippen LogP contribution in [0.25, 0.3) is 11.3 Å². The van der Waals surface area contributed by atoms with Crippen molar-refractivity contribution in [2.45, 2.75) is 51.4 Å². The molecule has 2 fully saturated rings. The molecule has 42 heavy (non-hydrogen) atoms. The van der Waals surface area contributed by atoms with Crippen molar-refractivity contribution in [3.05, 3.63) is 74.4 Å². The Balaban J connectivity index is 1.25. The predicted octanol–water partition coefficient (Wildman–Crippen LogP) is 5.38. The lowest BCUT2D eigenvalue weighted by Gasteiger charge is -2.27. The third-order valence-electron chi connectivity index (χ3n) is 8.18. The molecule has 3 aliphatic rings. The van der Waals surface area contributed by atoms with E-state index in [1.165, 1.54) is 30.0 Å². The van der Waals surface area contributed by atoms with Gasteiger partial charge in [-0.1, -0.05) is 41.1 Å². The zero-order chi connectivity index (χ0) is 29.1. The number of hydrogen-bond donors (Lipinski definition) is 2. The molecule has 2 aromatic carbocycles. The molecule has 1 saturated heterocycles. The summed E-state index contributed by atoms with van der Waals surface area (Å²) in [5.41, 5.74) is 12.4. The fraction of sp³-hybridized carbons (Fsp3) is 0.438. The number of urea groups is 1. The number of nitrogens with zero attached hydrogens (tertiary/aromatic N) is 4. The van der Waals surface area contributed by atoms with Crippen LogP contribution in [0.1, 0.15) is 47.2 Å². The maximum Gasteiger partial charge on any atom is 0.315 e. The van der Waals surface area contributed by atoms with E-state index in [-0.39, 0.29) is 0 Å². The molecule has 7 nitrogen and oxygen atoms in total. The second-order valence-electron chi connectivity index (χ2n) is 11.2. The number of carbonyl (C=O) groups is 1. The number of amides is 2. The molecule has 2 amide bonds. The zero-order valence-corrected chi connectivity index (χ0v) is 26.0. The number of fused-ring (bicyclic) bond motifs is 1. The monoisotopic (exact) mass is 622 g/mol. The van der Waals surface area contributed by atoms with Gasteiger partial charge in [0.15, 0.2) is 0 Å². The fourth-order valence-electron chi connectivity index (χ4n) is 5.60. The normalized spacial score (nSPS) is 17.0. The van der Waals surface area contributed by atoms with Crippen molar-refractivity contribution in [3.8, 4) is 23.1 Å². The molecule has 3 aromatic rings. The maximum atomic E-state index is 12.1. The first-order chi connectivity index (χ1) is 20.4. The first kappa shape index (κ1) is 29.4. The van der Waals surface area contributed by atoms with Crippen LogP contribution in [0.5, 0.6) is 0 Å². The van der Waals surface area contributed by atoms with Crippen LogP contribution in [-0.4, -0.2) is 69.3 Å². The summed E-state index contributed by atoms with van der Waals surface area (Å²) in [6, 6.07) is 12.0. The minimum atomic E-state index is -0.403. The molecule has 0 spiro atoms. The van der Waals surface area contributed by atoms with E-state index in [9.17, 15) is 4.79 Å². The smallest absolute Gasteiger partial charge is 0.315 e. The Kier molecular flexibility index (Phi) is 9.32. The lowest BCUT2D eigenvalue weighted by Crippen LogP contribution is -2.39. The second-order valence-corrected chi connectivity index (χ2v) is 13.3. The van der Waals surface area contributed by atoms with Gasteiger partial charge in [0, 0.05) is 89.7 Å². The number of hydrogen-bond acceptors (Lipinski definition) is 5. The van der Waals surface area contributed by atoms with E-state index < -0.39 is 6.03 Å². The fourth-order valence-corrected chi connectivity index (χ4v) is 6.93. The van der Waals surface area contributed by atoms with Gasteiger partial charge in [0.05, 0.1) is 17.3 Å². The summed E-state index contributed by atoms with van der Waals surface area (Å²) in [6.07, 6.45) is 4.23. The topological polar surface area (TPSA) is 79.4 Å². The molecule has 220 valence electrons. The highest BCUT2D eigenvalue weighted by atomic mass is 35.5. The molecular formula is C32H36Cl2N6OS. The Morgan fingerprint density at radius 2 is 1.86 bits per heavy atom. The van der Waals surface area contributed by atoms with Crippen LogP contribution >= 0.6 is 35.0 Å². The highest BCUT2D eigenvalue weighted by molar-refractivity contribution is 7.99. The van der Waals surface area contributed by atoms with Gasteiger partial charge >= 0.3 is 6.03 Å². The molecule has 10 heteroatoms. The molecule has 2 aliphatic heterocycles. The van der Waals surface area contributed by atoms with Crippen LogP contribution in [-0.2, 0) is 26.1 Å². The van der Waals surface area contributed by atoms with Crippen molar-refractivity contribution in [3.63, 3.8) is 0 Å². The summed E-state index contributed by atoms with van der Waals surface area (Å²) in [7, 11) is 0. The van der Waals surface area contributed by atoms with E-state index in [0.29, 0.717) is 24.2 Å². The Labute approximate surface area is 262 Å². The van der Waals surface area contributed by atoms with Gasteiger partial charge in [0.25, 0.3) is 0 Å². The average molecular weight is 624 g/mol. The number of rotatable bonds is 8. The van der Waals surface area contributed by atoms with Crippen LogP contribution in [0, 0.1) is 11.8 Å². The van der Waals surface area contributed by atoms with E-state index in [1.807, 2.05) is 48.2 Å². The highest BCUT2D eigenvalue weighted by Gasteiger charge is 2.27. The first-order valence-electron chi connectivity index (χ1n) is 14.7. The average Bonchev–Trinajstić information content (AvgIpc) is 3.77. The van der Waals surface area contributed by atoms with Crippen LogP contribution < -0.4 is 11.1 Å². The van der Waals surface area contributed by atoms with Gasteiger partial charge in [-0.05, 0) is 61.7 Å². The molecule has 0 radical (unpaired) electrons. The molecule has 6 rings (SSSR count). The third-order valence-corrected chi connectivity index (χ3v) is 9.82.